The number of nitrogens with one attached hydrogen (secondary N) is 4. The number of fused-ring (bicyclic) bond motifs is 1. The number of carbonyl (C=O) groups excluding carboxylic acids is 6. The minimum absolute atomic E-state index is 0.0737. The molecule has 4 N–H and O–H groups in total. The first kappa shape index (κ1) is 37.3. The summed E-state index contributed by atoms with van der Waals surface area (Å²) in [6.45, 7) is 21.0. The van der Waals surface area contributed by atoms with Crippen LogP contribution in [0.4, 0.5) is 4.79 Å². The minimum Gasteiger partial charge on any atom is -0.458 e. The molecule has 0 radical (unpaired) electrons. The fraction of sp³-hybridized carbons (Fsp3) is 0.824. The molecule has 260 valence electrons. The number of hydrogen-bond acceptors (Lipinski definition) is 7. The monoisotopic (exact) mass is 647 g/mol. The maximum Gasteiger partial charge on any atom is 0.329 e. The second kappa shape index (κ2) is 13.9. The summed E-state index contributed by atoms with van der Waals surface area (Å²) in [5, 5.41) is 11.0. The third-order valence-corrected chi connectivity index (χ3v) is 9.42. The Morgan fingerprint density at radius 1 is 0.935 bits per heavy atom. The van der Waals surface area contributed by atoms with Gasteiger partial charge in [-0.25, -0.2) is 9.59 Å². The molecule has 1 aliphatic heterocycles. The van der Waals surface area contributed by atoms with Gasteiger partial charge in [0.05, 0.1) is 6.04 Å². The normalized spacial score (nSPS) is 23.8. The van der Waals surface area contributed by atoms with Crippen LogP contribution in [0.15, 0.2) is 0 Å². The fourth-order valence-electron chi connectivity index (χ4n) is 6.46. The first-order chi connectivity index (χ1) is 21.1. The van der Waals surface area contributed by atoms with E-state index in [2.05, 4.69) is 35.1 Å². The van der Waals surface area contributed by atoms with Crippen molar-refractivity contribution in [1.29, 1.82) is 0 Å². The van der Waals surface area contributed by atoms with Gasteiger partial charge in [-0.15, -0.1) is 0 Å². The number of ketones is 1. The van der Waals surface area contributed by atoms with Crippen LogP contribution in [0.2, 0.25) is 0 Å². The summed E-state index contributed by atoms with van der Waals surface area (Å²) in [6.07, 6.45) is 2.93. The van der Waals surface area contributed by atoms with E-state index in [1.807, 2.05) is 27.7 Å². The predicted octanol–water partition coefficient (Wildman–Crippen LogP) is 2.93. The van der Waals surface area contributed by atoms with Gasteiger partial charge >= 0.3 is 12.0 Å². The van der Waals surface area contributed by atoms with Gasteiger partial charge in [0.25, 0.3) is 5.91 Å². The molecular weight excluding hydrogens is 590 g/mol. The third-order valence-electron chi connectivity index (χ3n) is 9.42. The van der Waals surface area contributed by atoms with Gasteiger partial charge in [-0.1, -0.05) is 68.2 Å². The lowest BCUT2D eigenvalue weighted by molar-refractivity contribution is -0.158. The van der Waals surface area contributed by atoms with E-state index < -0.39 is 70.7 Å². The van der Waals surface area contributed by atoms with Crippen LogP contribution in [0.5, 0.6) is 0 Å². The number of esters is 1. The van der Waals surface area contributed by atoms with Gasteiger partial charge in [0.15, 0.2) is 0 Å². The van der Waals surface area contributed by atoms with E-state index >= 15 is 0 Å². The summed E-state index contributed by atoms with van der Waals surface area (Å²) in [4.78, 5) is 81.7. The Balaban J connectivity index is 1.81. The Bertz CT molecular complexity index is 1200. The molecule has 5 amide bonds. The van der Waals surface area contributed by atoms with Crippen LogP contribution in [0.3, 0.4) is 0 Å². The van der Waals surface area contributed by atoms with Crippen LogP contribution < -0.4 is 21.3 Å². The van der Waals surface area contributed by atoms with Gasteiger partial charge < -0.3 is 30.9 Å². The summed E-state index contributed by atoms with van der Waals surface area (Å²) in [6, 6.07) is -4.50. The molecule has 2 saturated carbocycles. The zero-order valence-corrected chi connectivity index (χ0v) is 29.7. The summed E-state index contributed by atoms with van der Waals surface area (Å²) in [7, 11) is 0. The van der Waals surface area contributed by atoms with E-state index in [1.54, 1.807) is 34.6 Å². The maximum atomic E-state index is 14.3. The Hall–Kier alpha value is -3.18. The fourth-order valence-corrected chi connectivity index (χ4v) is 6.46. The zero-order valence-electron chi connectivity index (χ0n) is 29.7. The minimum atomic E-state index is -1.03. The lowest BCUT2D eigenvalue weighted by Gasteiger charge is -2.38. The molecule has 12 nitrogen and oxygen atoms in total. The third kappa shape index (κ3) is 9.00. The number of Topliss-reactive ketones (excluding diaryl/α,β-unsaturated/α-hetero) is 1. The van der Waals surface area contributed by atoms with Crippen LogP contribution in [0, 0.1) is 34.5 Å². The van der Waals surface area contributed by atoms with E-state index in [1.165, 1.54) is 4.90 Å². The number of hydrogen-bond donors (Lipinski definition) is 4. The molecule has 6 atom stereocenters. The van der Waals surface area contributed by atoms with E-state index in [0.717, 1.165) is 12.8 Å². The van der Waals surface area contributed by atoms with E-state index in [0.29, 0.717) is 25.9 Å². The Morgan fingerprint density at radius 3 is 2.04 bits per heavy atom. The molecule has 2 aliphatic carbocycles. The van der Waals surface area contributed by atoms with Crippen molar-refractivity contribution in [2.45, 2.75) is 132 Å². The molecule has 46 heavy (non-hydrogen) atoms. The van der Waals surface area contributed by atoms with Crippen molar-refractivity contribution in [3.8, 4) is 0 Å². The van der Waals surface area contributed by atoms with Gasteiger partial charge in [0, 0.05) is 13.1 Å². The maximum absolute atomic E-state index is 14.3. The lowest BCUT2D eigenvalue weighted by atomic mass is 9.85. The number of nitrogens with zero attached hydrogens (tertiary/aromatic N) is 1. The average molecular weight is 648 g/mol. The number of amides is 5. The van der Waals surface area contributed by atoms with Crippen molar-refractivity contribution in [2.24, 2.45) is 34.5 Å². The quantitative estimate of drug-likeness (QED) is 0.176. The van der Waals surface area contributed by atoms with Crippen molar-refractivity contribution < 1.29 is 33.5 Å². The van der Waals surface area contributed by atoms with Crippen molar-refractivity contribution in [2.75, 3.05) is 13.1 Å². The summed E-state index contributed by atoms with van der Waals surface area (Å²) in [5.74, 6) is -2.92. The van der Waals surface area contributed by atoms with Gasteiger partial charge in [0.1, 0.15) is 23.7 Å². The zero-order chi connectivity index (χ0) is 34.9. The highest BCUT2D eigenvalue weighted by Gasteiger charge is 2.70. The van der Waals surface area contributed by atoms with Crippen LogP contribution in [-0.2, 0) is 28.7 Å². The van der Waals surface area contributed by atoms with Gasteiger partial charge in [0.2, 0.25) is 17.6 Å². The molecule has 0 aromatic heterocycles. The highest BCUT2D eigenvalue weighted by atomic mass is 16.6. The molecule has 3 rings (SSSR count). The molecule has 0 bridgehead atoms. The molecule has 0 aromatic carbocycles. The number of urea groups is 1. The number of rotatable bonds is 13. The van der Waals surface area contributed by atoms with Crippen molar-refractivity contribution in [1.82, 2.24) is 26.2 Å². The molecule has 0 spiro atoms. The van der Waals surface area contributed by atoms with Gasteiger partial charge in [-0.3, -0.25) is 19.2 Å². The lowest BCUT2D eigenvalue weighted by Crippen LogP contribution is -2.62. The largest absolute Gasteiger partial charge is 0.458 e. The second-order valence-electron chi connectivity index (χ2n) is 16.4. The highest BCUT2D eigenvalue weighted by molar-refractivity contribution is 6.38. The Kier molecular flexibility index (Phi) is 11.3. The molecule has 12 heteroatoms. The molecule has 0 aromatic rings. The van der Waals surface area contributed by atoms with E-state index in [9.17, 15) is 28.8 Å². The summed E-state index contributed by atoms with van der Waals surface area (Å²) in [5.41, 5.74) is -1.68. The van der Waals surface area contributed by atoms with E-state index in [-0.39, 0.29) is 29.1 Å². The summed E-state index contributed by atoms with van der Waals surface area (Å²) < 4.78 is 5.50. The van der Waals surface area contributed by atoms with Crippen LogP contribution in [0.25, 0.3) is 0 Å². The topological polar surface area (TPSA) is 163 Å². The van der Waals surface area contributed by atoms with Crippen LogP contribution in [0.1, 0.15) is 102 Å². The number of likely N-dealkylation sites (tertiary alicyclic amines) is 1. The van der Waals surface area contributed by atoms with Crippen molar-refractivity contribution in [3.05, 3.63) is 0 Å². The highest BCUT2D eigenvalue weighted by Crippen LogP contribution is 2.65. The first-order valence-electron chi connectivity index (χ1n) is 16.8. The molecule has 1 unspecified atom stereocenters. The Morgan fingerprint density at radius 2 is 1.54 bits per heavy atom. The molecule has 3 fully saturated rings. The SMILES string of the molecule is CCCNC(=O)C(=O)C(CC1CC1)NC(=O)[C@@H]1[C@@H]2[C@H](CN1C(=O)[C@@H](NC(=O)N[C@H](C(=O)OC(C)(C)C)C(C)C)C(C)(C)C)C2(C)C. The summed E-state index contributed by atoms with van der Waals surface area (Å²) >= 11 is 0. The standard InChI is InChI=1S/C34H57N5O7/c1-12-15-35-28(42)25(40)21(16-19-13-14-19)36-27(41)24-22-20(34(22,10)11)17-39(24)29(43)26(32(4,5)6)38-31(45)37-23(18(2)3)30(44)46-33(7,8)9/h18-24,26H,12-17H2,1-11H3,(H,35,42)(H,36,41)(H2,37,38,45)/t20-,21?,22-,23-,24-,26+/m0/s1. The van der Waals surface area contributed by atoms with Crippen LogP contribution >= 0.6 is 0 Å². The molecule has 3 aliphatic rings. The first-order valence-corrected chi connectivity index (χ1v) is 16.8. The van der Waals surface area contributed by atoms with Crippen molar-refractivity contribution >= 4 is 35.5 Å². The molecular formula is C34H57N5O7. The predicted molar refractivity (Wildman–Crippen MR) is 173 cm³/mol. The van der Waals surface area contributed by atoms with Gasteiger partial charge in [-0.2, -0.15) is 0 Å². The smallest absolute Gasteiger partial charge is 0.329 e. The van der Waals surface area contributed by atoms with Gasteiger partial charge in [-0.05, 0) is 68.1 Å². The second-order valence-corrected chi connectivity index (χ2v) is 16.4. The Labute approximate surface area is 274 Å². The van der Waals surface area contributed by atoms with Crippen molar-refractivity contribution in [3.63, 3.8) is 0 Å². The number of carbonyl (C=O) groups is 6. The number of piperidine rings is 1. The molecule has 1 heterocycles. The van der Waals surface area contributed by atoms with Crippen LogP contribution in [-0.4, -0.2) is 83.3 Å². The number of ether oxygens (including phenoxy) is 1. The average Bonchev–Trinajstić information content (AvgIpc) is 3.77. The van der Waals surface area contributed by atoms with E-state index in [4.69, 9.17) is 4.74 Å². The molecule has 1 saturated heterocycles.